The van der Waals surface area contributed by atoms with Crippen LogP contribution < -0.4 is 0 Å². The zero-order chi connectivity index (χ0) is 20.2. The monoisotopic (exact) mass is 402 g/mol. The van der Waals surface area contributed by atoms with Gasteiger partial charge in [-0.25, -0.2) is 4.98 Å². The number of aromatic nitrogens is 3. The van der Waals surface area contributed by atoms with E-state index in [0.717, 1.165) is 48.1 Å². The average Bonchev–Trinajstić information content (AvgIpc) is 3.31. The van der Waals surface area contributed by atoms with Crippen molar-refractivity contribution in [3.63, 3.8) is 0 Å². The Labute approximate surface area is 175 Å². The molecule has 3 heterocycles. The van der Waals surface area contributed by atoms with E-state index in [1.54, 1.807) is 12.5 Å². The molecule has 154 valence electrons. The number of hydrogen-bond donors (Lipinski definition) is 1. The van der Waals surface area contributed by atoms with Crippen molar-refractivity contribution in [3.05, 3.63) is 60.3 Å². The van der Waals surface area contributed by atoms with Crippen LogP contribution in [0.25, 0.3) is 10.9 Å². The third kappa shape index (κ3) is 3.01. The predicted molar refractivity (Wildman–Crippen MR) is 113 cm³/mol. The van der Waals surface area contributed by atoms with E-state index < -0.39 is 6.10 Å². The molecular formula is C24H26N4O2. The summed E-state index contributed by atoms with van der Waals surface area (Å²) in [6.07, 6.45) is 9.04. The zero-order valence-corrected chi connectivity index (χ0v) is 16.9. The molecule has 1 saturated heterocycles. The second kappa shape index (κ2) is 6.91. The van der Waals surface area contributed by atoms with Gasteiger partial charge in [0.2, 0.25) is 0 Å². The Kier molecular flexibility index (Phi) is 4.16. The molecule has 2 aliphatic carbocycles. The van der Waals surface area contributed by atoms with E-state index in [9.17, 15) is 9.90 Å². The maximum absolute atomic E-state index is 13.6. The summed E-state index contributed by atoms with van der Waals surface area (Å²) in [5.74, 6) is 1.40. The fourth-order valence-electron chi connectivity index (χ4n) is 5.49. The second-order valence-corrected chi connectivity index (χ2v) is 9.23. The van der Waals surface area contributed by atoms with E-state index in [1.807, 2.05) is 46.0 Å². The number of fused-ring (bicyclic) bond motifs is 2. The van der Waals surface area contributed by atoms with Gasteiger partial charge >= 0.3 is 0 Å². The molecule has 0 bridgehead atoms. The molecule has 4 atom stereocenters. The Morgan fingerprint density at radius 2 is 1.90 bits per heavy atom. The first kappa shape index (κ1) is 18.1. The van der Waals surface area contributed by atoms with E-state index in [0.29, 0.717) is 17.8 Å². The summed E-state index contributed by atoms with van der Waals surface area (Å²) < 4.78 is 2.02. The lowest BCUT2D eigenvalue weighted by atomic mass is 9.77. The molecule has 3 fully saturated rings. The smallest absolute Gasteiger partial charge is 0.254 e. The highest BCUT2D eigenvalue weighted by molar-refractivity contribution is 6.06. The summed E-state index contributed by atoms with van der Waals surface area (Å²) in [5.41, 5.74) is 2.76. The first-order valence-corrected chi connectivity index (χ1v) is 11.0. The van der Waals surface area contributed by atoms with Crippen molar-refractivity contribution in [1.29, 1.82) is 0 Å². The number of amides is 1. The van der Waals surface area contributed by atoms with Crippen molar-refractivity contribution in [2.24, 2.45) is 11.8 Å². The van der Waals surface area contributed by atoms with E-state index in [-0.39, 0.29) is 11.9 Å². The van der Waals surface area contributed by atoms with E-state index >= 15 is 0 Å². The van der Waals surface area contributed by atoms with Gasteiger partial charge in [0.15, 0.2) is 0 Å². The molecule has 6 rings (SSSR count). The summed E-state index contributed by atoms with van der Waals surface area (Å²) in [6.45, 7) is 1.49. The Morgan fingerprint density at radius 1 is 1.10 bits per heavy atom. The lowest BCUT2D eigenvalue weighted by molar-refractivity contribution is 0.0357. The summed E-state index contributed by atoms with van der Waals surface area (Å²) in [5, 5.41) is 11.7. The van der Waals surface area contributed by atoms with Crippen molar-refractivity contribution in [1.82, 2.24) is 19.4 Å². The van der Waals surface area contributed by atoms with E-state index in [1.165, 1.54) is 12.8 Å². The number of benzene rings is 1. The fraction of sp³-hybridized carbons (Fsp3) is 0.458. The number of aliphatic hydroxyl groups is 1. The number of aliphatic hydroxyl groups excluding tert-OH is 1. The molecule has 0 spiro atoms. The van der Waals surface area contributed by atoms with E-state index in [2.05, 4.69) is 4.98 Å². The van der Waals surface area contributed by atoms with Crippen LogP contribution in [0, 0.1) is 11.8 Å². The van der Waals surface area contributed by atoms with Crippen molar-refractivity contribution < 1.29 is 9.90 Å². The molecule has 0 radical (unpaired) electrons. The molecule has 6 nitrogen and oxygen atoms in total. The zero-order valence-electron chi connectivity index (χ0n) is 16.9. The van der Waals surface area contributed by atoms with Crippen LogP contribution in [0.15, 0.2) is 49.1 Å². The van der Waals surface area contributed by atoms with Gasteiger partial charge in [-0.05, 0) is 49.7 Å². The lowest BCUT2D eigenvalue weighted by Gasteiger charge is -2.35. The Hall–Kier alpha value is -2.73. The minimum atomic E-state index is -0.390. The molecule has 1 N–H and O–H groups in total. The fourth-order valence-corrected chi connectivity index (χ4v) is 5.49. The molecule has 1 aliphatic heterocycles. The Balaban J connectivity index is 1.28. The SMILES string of the molecule is O=C(c1cc(C2CC2)nc2ccccc12)N1C[C@H]2C[C@@H](n3ccnc3)[C@H](O)C[C@H]2C1. The number of carbonyl (C=O) groups is 1. The summed E-state index contributed by atoms with van der Waals surface area (Å²) >= 11 is 0. The molecule has 0 unspecified atom stereocenters. The van der Waals surface area contributed by atoms with Gasteiger partial charge in [0.05, 0.1) is 29.6 Å². The Bertz CT molecular complexity index is 1090. The van der Waals surface area contributed by atoms with Crippen molar-refractivity contribution in [2.45, 2.75) is 43.7 Å². The lowest BCUT2D eigenvalue weighted by Crippen LogP contribution is -2.35. The van der Waals surface area contributed by atoms with Crippen LogP contribution in [0.4, 0.5) is 0 Å². The second-order valence-electron chi connectivity index (χ2n) is 9.23. The number of hydrogen-bond acceptors (Lipinski definition) is 4. The van der Waals surface area contributed by atoms with Crippen molar-refractivity contribution in [3.8, 4) is 0 Å². The van der Waals surface area contributed by atoms with Gasteiger partial charge in [0, 0.05) is 42.5 Å². The van der Waals surface area contributed by atoms with Crippen LogP contribution in [0.3, 0.4) is 0 Å². The van der Waals surface area contributed by atoms with Crippen LogP contribution in [-0.4, -0.2) is 49.6 Å². The van der Waals surface area contributed by atoms with Crippen LogP contribution in [0.2, 0.25) is 0 Å². The number of rotatable bonds is 3. The van der Waals surface area contributed by atoms with Gasteiger partial charge in [-0.3, -0.25) is 9.78 Å². The van der Waals surface area contributed by atoms with Crippen molar-refractivity contribution in [2.75, 3.05) is 13.1 Å². The summed E-state index contributed by atoms with van der Waals surface area (Å²) in [7, 11) is 0. The van der Waals surface area contributed by atoms with Gasteiger partial charge in [-0.15, -0.1) is 0 Å². The number of nitrogens with zero attached hydrogens (tertiary/aromatic N) is 4. The van der Waals surface area contributed by atoms with Gasteiger partial charge < -0.3 is 14.6 Å². The normalized spacial score (nSPS) is 28.6. The van der Waals surface area contributed by atoms with Gasteiger partial charge in [-0.1, -0.05) is 18.2 Å². The van der Waals surface area contributed by atoms with E-state index in [4.69, 9.17) is 4.98 Å². The van der Waals surface area contributed by atoms with Crippen LogP contribution in [0.5, 0.6) is 0 Å². The number of likely N-dealkylation sites (tertiary alicyclic amines) is 1. The minimum absolute atomic E-state index is 0.0482. The number of carbonyl (C=O) groups excluding carboxylic acids is 1. The van der Waals surface area contributed by atoms with Crippen molar-refractivity contribution >= 4 is 16.8 Å². The highest BCUT2D eigenvalue weighted by Gasteiger charge is 2.44. The first-order valence-electron chi connectivity index (χ1n) is 11.0. The standard InChI is InChI=1S/C24H26N4O2/c29-23-10-17-13-28(12-16(17)9-22(23)27-8-7-25-14-27)24(30)19-11-21(15-5-6-15)26-20-4-2-1-3-18(19)20/h1-4,7-8,11,14-17,22-23,29H,5-6,9-10,12-13H2/t16-,17+,22-,23-/m1/s1. The van der Waals surface area contributed by atoms with Gasteiger partial charge in [-0.2, -0.15) is 0 Å². The average molecular weight is 402 g/mol. The highest BCUT2D eigenvalue weighted by Crippen LogP contribution is 2.43. The molecule has 3 aliphatic rings. The largest absolute Gasteiger partial charge is 0.391 e. The van der Waals surface area contributed by atoms with Crippen LogP contribution >= 0.6 is 0 Å². The third-order valence-corrected chi connectivity index (χ3v) is 7.27. The van der Waals surface area contributed by atoms with Gasteiger partial charge in [0.25, 0.3) is 5.91 Å². The Morgan fingerprint density at radius 3 is 2.67 bits per heavy atom. The first-order chi connectivity index (χ1) is 14.7. The topological polar surface area (TPSA) is 71.2 Å². The molecule has 2 aromatic heterocycles. The van der Waals surface area contributed by atoms with Crippen LogP contribution in [0.1, 0.15) is 53.7 Å². The molecule has 3 aromatic rings. The van der Waals surface area contributed by atoms with Crippen LogP contribution in [-0.2, 0) is 0 Å². The highest BCUT2D eigenvalue weighted by atomic mass is 16.3. The molecular weight excluding hydrogens is 376 g/mol. The third-order valence-electron chi connectivity index (χ3n) is 7.27. The molecule has 2 saturated carbocycles. The number of para-hydroxylation sites is 1. The van der Waals surface area contributed by atoms with Gasteiger partial charge in [0.1, 0.15) is 0 Å². The minimum Gasteiger partial charge on any atom is -0.391 e. The molecule has 1 aromatic carbocycles. The summed E-state index contributed by atoms with van der Waals surface area (Å²) in [6, 6.07) is 10.1. The predicted octanol–water partition coefficient (Wildman–Crippen LogP) is 3.39. The molecule has 6 heteroatoms. The molecule has 30 heavy (non-hydrogen) atoms. The maximum Gasteiger partial charge on any atom is 0.254 e. The summed E-state index contributed by atoms with van der Waals surface area (Å²) in [4.78, 5) is 24.6. The number of imidazole rings is 1. The molecule has 1 amide bonds. The quantitative estimate of drug-likeness (QED) is 0.729. The number of pyridine rings is 1. The maximum atomic E-state index is 13.6.